The second-order valence-corrected chi connectivity index (χ2v) is 6.97. The van der Waals surface area contributed by atoms with Crippen LogP contribution in [0.1, 0.15) is 21.6 Å². The fourth-order valence-electron chi connectivity index (χ4n) is 3.09. The number of aryl methyl sites for hydroxylation is 1. The molecule has 6 heteroatoms. The number of rotatable bonds is 5. The molecule has 1 saturated heterocycles. The number of anilines is 1. The van der Waals surface area contributed by atoms with Crippen molar-refractivity contribution in [3.05, 3.63) is 59.4 Å². The van der Waals surface area contributed by atoms with Crippen molar-refractivity contribution in [2.24, 2.45) is 0 Å². The molecule has 0 saturated carbocycles. The van der Waals surface area contributed by atoms with Crippen molar-refractivity contribution < 1.29 is 4.79 Å². The molecule has 0 N–H and O–H groups in total. The van der Waals surface area contributed by atoms with Gasteiger partial charge in [0.25, 0.3) is 5.91 Å². The molecule has 0 atom stereocenters. The molecule has 1 aromatic carbocycles. The maximum atomic E-state index is 12.8. The third kappa shape index (κ3) is 4.92. The van der Waals surface area contributed by atoms with Crippen LogP contribution in [0.15, 0.2) is 42.6 Å². The van der Waals surface area contributed by atoms with Gasteiger partial charge < -0.3 is 9.80 Å². The SMILES string of the molecule is Cc1nc(N(C)C)ncc1C(=O)N1CCN(CC=Cc2ccccc2)CC1. The number of aromatic nitrogens is 2. The van der Waals surface area contributed by atoms with E-state index in [1.54, 1.807) is 6.20 Å². The molecule has 1 amide bonds. The monoisotopic (exact) mass is 365 g/mol. The summed E-state index contributed by atoms with van der Waals surface area (Å²) in [5, 5.41) is 0. The van der Waals surface area contributed by atoms with Crippen LogP contribution in [0.2, 0.25) is 0 Å². The molecule has 1 fully saturated rings. The Bertz CT molecular complexity index is 795. The molecule has 3 rings (SSSR count). The molecule has 0 unspecified atom stereocenters. The first kappa shape index (κ1) is 19.0. The van der Waals surface area contributed by atoms with Gasteiger partial charge in [-0.05, 0) is 12.5 Å². The quantitative estimate of drug-likeness (QED) is 0.814. The van der Waals surface area contributed by atoms with Gasteiger partial charge >= 0.3 is 0 Å². The molecule has 0 spiro atoms. The lowest BCUT2D eigenvalue weighted by atomic mass is 10.2. The summed E-state index contributed by atoms with van der Waals surface area (Å²) in [7, 11) is 3.78. The first-order valence-corrected chi connectivity index (χ1v) is 9.29. The number of hydrogen-bond donors (Lipinski definition) is 0. The molecule has 2 heterocycles. The van der Waals surface area contributed by atoms with Gasteiger partial charge in [0, 0.05) is 53.0 Å². The Hall–Kier alpha value is -2.73. The Balaban J connectivity index is 1.53. The summed E-state index contributed by atoms with van der Waals surface area (Å²) in [5.74, 6) is 0.649. The third-order valence-electron chi connectivity index (χ3n) is 4.73. The highest BCUT2D eigenvalue weighted by molar-refractivity contribution is 5.95. The minimum absolute atomic E-state index is 0.0253. The van der Waals surface area contributed by atoms with Crippen molar-refractivity contribution in [1.82, 2.24) is 19.8 Å². The van der Waals surface area contributed by atoms with E-state index >= 15 is 0 Å². The molecule has 0 bridgehead atoms. The number of benzene rings is 1. The molecule has 1 aliphatic rings. The lowest BCUT2D eigenvalue weighted by Crippen LogP contribution is -2.48. The van der Waals surface area contributed by atoms with E-state index in [1.165, 1.54) is 5.56 Å². The van der Waals surface area contributed by atoms with Crippen molar-refractivity contribution in [3.8, 4) is 0 Å². The average molecular weight is 365 g/mol. The predicted octanol–water partition coefficient (Wildman–Crippen LogP) is 2.32. The highest BCUT2D eigenvalue weighted by Crippen LogP contribution is 2.13. The first-order chi connectivity index (χ1) is 13.0. The van der Waals surface area contributed by atoms with Gasteiger partial charge in [-0.3, -0.25) is 9.69 Å². The van der Waals surface area contributed by atoms with E-state index in [0.29, 0.717) is 11.5 Å². The standard InChI is InChI=1S/C21H27N5O/c1-17-19(16-22-21(23-17)24(2)3)20(27)26-14-12-25(13-15-26)11-7-10-18-8-5-4-6-9-18/h4-10,16H,11-15H2,1-3H3. The fraction of sp³-hybridized carbons (Fsp3) is 0.381. The Kier molecular flexibility index (Phi) is 6.19. The summed E-state index contributed by atoms with van der Waals surface area (Å²) < 4.78 is 0. The Labute approximate surface area is 161 Å². The largest absolute Gasteiger partial charge is 0.347 e. The highest BCUT2D eigenvalue weighted by atomic mass is 16.2. The van der Waals surface area contributed by atoms with Gasteiger partial charge in [0.1, 0.15) is 0 Å². The van der Waals surface area contributed by atoms with Crippen molar-refractivity contribution >= 4 is 17.9 Å². The average Bonchev–Trinajstić information content (AvgIpc) is 2.69. The maximum absolute atomic E-state index is 12.8. The Morgan fingerprint density at radius 2 is 1.85 bits per heavy atom. The predicted molar refractivity (Wildman–Crippen MR) is 109 cm³/mol. The Morgan fingerprint density at radius 1 is 1.15 bits per heavy atom. The summed E-state index contributed by atoms with van der Waals surface area (Å²) in [6.45, 7) is 5.98. The van der Waals surface area contributed by atoms with Gasteiger partial charge in [-0.15, -0.1) is 0 Å². The lowest BCUT2D eigenvalue weighted by Gasteiger charge is -2.34. The van der Waals surface area contributed by atoms with Crippen LogP contribution in [0, 0.1) is 6.92 Å². The smallest absolute Gasteiger partial charge is 0.257 e. The number of amides is 1. The minimum Gasteiger partial charge on any atom is -0.347 e. The summed E-state index contributed by atoms with van der Waals surface area (Å²) in [6, 6.07) is 10.3. The lowest BCUT2D eigenvalue weighted by molar-refractivity contribution is 0.0648. The molecule has 0 radical (unpaired) electrons. The van der Waals surface area contributed by atoms with E-state index in [4.69, 9.17) is 0 Å². The molecule has 27 heavy (non-hydrogen) atoms. The van der Waals surface area contributed by atoms with Crippen LogP contribution in [0.25, 0.3) is 6.08 Å². The van der Waals surface area contributed by atoms with E-state index in [9.17, 15) is 4.79 Å². The molecule has 142 valence electrons. The van der Waals surface area contributed by atoms with Gasteiger partial charge in [-0.25, -0.2) is 9.97 Å². The fourth-order valence-corrected chi connectivity index (χ4v) is 3.09. The number of nitrogens with zero attached hydrogens (tertiary/aromatic N) is 5. The highest BCUT2D eigenvalue weighted by Gasteiger charge is 2.23. The van der Waals surface area contributed by atoms with Gasteiger partial charge in [-0.1, -0.05) is 42.5 Å². The summed E-state index contributed by atoms with van der Waals surface area (Å²) in [4.78, 5) is 27.6. The number of hydrogen-bond acceptors (Lipinski definition) is 5. The molecule has 2 aromatic rings. The van der Waals surface area contributed by atoms with Gasteiger partial charge in [0.2, 0.25) is 5.95 Å². The van der Waals surface area contributed by atoms with Crippen molar-refractivity contribution in [2.45, 2.75) is 6.92 Å². The molecule has 6 nitrogen and oxygen atoms in total. The minimum atomic E-state index is 0.0253. The number of carbonyl (C=O) groups is 1. The summed E-state index contributed by atoms with van der Waals surface area (Å²) >= 11 is 0. The zero-order chi connectivity index (χ0) is 19.2. The van der Waals surface area contributed by atoms with Crippen LogP contribution in [0.4, 0.5) is 5.95 Å². The van der Waals surface area contributed by atoms with E-state index < -0.39 is 0 Å². The van der Waals surface area contributed by atoms with Gasteiger partial charge in [0.15, 0.2) is 0 Å². The van der Waals surface area contributed by atoms with E-state index in [2.05, 4.69) is 39.2 Å². The zero-order valence-electron chi connectivity index (χ0n) is 16.3. The normalized spacial score (nSPS) is 15.3. The van der Waals surface area contributed by atoms with Crippen LogP contribution in [-0.2, 0) is 0 Å². The molecule has 0 aliphatic carbocycles. The molecule has 1 aliphatic heterocycles. The second-order valence-electron chi connectivity index (χ2n) is 6.97. The summed E-state index contributed by atoms with van der Waals surface area (Å²) in [5.41, 5.74) is 2.54. The van der Waals surface area contributed by atoms with E-state index in [1.807, 2.05) is 49.0 Å². The maximum Gasteiger partial charge on any atom is 0.257 e. The van der Waals surface area contributed by atoms with Crippen molar-refractivity contribution in [2.75, 3.05) is 51.7 Å². The molecule has 1 aromatic heterocycles. The topological polar surface area (TPSA) is 52.6 Å². The van der Waals surface area contributed by atoms with Crippen LogP contribution in [-0.4, -0.2) is 72.5 Å². The van der Waals surface area contributed by atoms with Gasteiger partial charge in [0.05, 0.1) is 11.3 Å². The van der Waals surface area contributed by atoms with E-state index in [0.717, 1.165) is 38.4 Å². The van der Waals surface area contributed by atoms with Gasteiger partial charge in [-0.2, -0.15) is 0 Å². The first-order valence-electron chi connectivity index (χ1n) is 9.29. The van der Waals surface area contributed by atoms with Crippen molar-refractivity contribution in [3.63, 3.8) is 0 Å². The van der Waals surface area contributed by atoms with Crippen LogP contribution >= 0.6 is 0 Å². The zero-order valence-corrected chi connectivity index (χ0v) is 16.3. The van der Waals surface area contributed by atoms with Crippen molar-refractivity contribution in [1.29, 1.82) is 0 Å². The third-order valence-corrected chi connectivity index (χ3v) is 4.73. The van der Waals surface area contributed by atoms with Crippen LogP contribution in [0.3, 0.4) is 0 Å². The van der Waals surface area contributed by atoms with Crippen LogP contribution < -0.4 is 4.90 Å². The Morgan fingerprint density at radius 3 is 2.48 bits per heavy atom. The number of piperazine rings is 1. The summed E-state index contributed by atoms with van der Waals surface area (Å²) in [6.07, 6.45) is 5.98. The molecular formula is C21H27N5O. The van der Waals surface area contributed by atoms with Crippen LogP contribution in [0.5, 0.6) is 0 Å². The van der Waals surface area contributed by atoms with E-state index in [-0.39, 0.29) is 5.91 Å². The molecular weight excluding hydrogens is 338 g/mol. The second kappa shape index (κ2) is 8.77. The number of carbonyl (C=O) groups excluding carboxylic acids is 1.